The molecule has 0 aromatic heterocycles. The molecule has 1 fully saturated rings. The van der Waals surface area contributed by atoms with Gasteiger partial charge in [-0.1, -0.05) is 19.8 Å². The second-order valence-electron chi connectivity index (χ2n) is 3.97. The highest BCUT2D eigenvalue weighted by Crippen LogP contribution is 2.28. The number of aliphatic hydroxyl groups excluding tert-OH is 1. The first-order chi connectivity index (χ1) is 6.15. The lowest BCUT2D eigenvalue weighted by atomic mass is 9.93. The first kappa shape index (κ1) is 10.5. The van der Waals surface area contributed by atoms with Gasteiger partial charge < -0.3 is 9.84 Å². The number of ether oxygens (including phenoxy) is 1. The average molecular weight is 186 g/mol. The van der Waals surface area contributed by atoms with E-state index in [1.807, 2.05) is 0 Å². The maximum Gasteiger partial charge on any atom is 0.311 e. The fourth-order valence-electron chi connectivity index (χ4n) is 1.99. The van der Waals surface area contributed by atoms with Gasteiger partial charge in [-0.15, -0.1) is 0 Å². The van der Waals surface area contributed by atoms with Gasteiger partial charge in [0.05, 0.1) is 19.1 Å². The molecule has 1 aliphatic carbocycles. The molecule has 1 rings (SSSR count). The summed E-state index contributed by atoms with van der Waals surface area (Å²) in [4.78, 5) is 11.3. The summed E-state index contributed by atoms with van der Waals surface area (Å²) in [5.41, 5.74) is 0. The third kappa shape index (κ3) is 2.69. The normalized spacial score (nSPS) is 35.2. The fourth-order valence-corrected chi connectivity index (χ4v) is 1.99. The predicted octanol–water partition coefficient (Wildman–Crippen LogP) is 1.35. The van der Waals surface area contributed by atoms with Gasteiger partial charge in [0, 0.05) is 0 Å². The molecule has 3 heteroatoms. The standard InChI is InChI=1S/C10H18O3/c1-7-4-3-5-9(11)8(6-7)10(12)13-2/h7-9,11H,3-6H2,1-2H3. The summed E-state index contributed by atoms with van der Waals surface area (Å²) in [6.45, 7) is 2.12. The molecular weight excluding hydrogens is 168 g/mol. The molecule has 3 nitrogen and oxygen atoms in total. The smallest absolute Gasteiger partial charge is 0.311 e. The molecule has 76 valence electrons. The lowest BCUT2D eigenvalue weighted by Gasteiger charge is -2.18. The van der Waals surface area contributed by atoms with Crippen LogP contribution in [0.3, 0.4) is 0 Å². The Balaban J connectivity index is 2.61. The quantitative estimate of drug-likeness (QED) is 0.496. The number of esters is 1. The van der Waals surface area contributed by atoms with Crippen LogP contribution in [0.5, 0.6) is 0 Å². The molecule has 0 bridgehead atoms. The third-order valence-electron chi connectivity index (χ3n) is 2.82. The minimum Gasteiger partial charge on any atom is -0.469 e. The summed E-state index contributed by atoms with van der Waals surface area (Å²) < 4.78 is 4.67. The van der Waals surface area contributed by atoms with Crippen molar-refractivity contribution in [1.29, 1.82) is 0 Å². The second kappa shape index (κ2) is 4.61. The summed E-state index contributed by atoms with van der Waals surface area (Å²) in [5, 5.41) is 9.67. The van der Waals surface area contributed by atoms with Gasteiger partial charge in [0.1, 0.15) is 0 Å². The van der Waals surface area contributed by atoms with Crippen LogP contribution in [0.2, 0.25) is 0 Å². The van der Waals surface area contributed by atoms with Crippen LogP contribution in [0.25, 0.3) is 0 Å². The van der Waals surface area contributed by atoms with Gasteiger partial charge in [-0.25, -0.2) is 0 Å². The summed E-state index contributed by atoms with van der Waals surface area (Å²) in [6.07, 6.45) is 3.09. The summed E-state index contributed by atoms with van der Waals surface area (Å²) in [7, 11) is 1.38. The van der Waals surface area contributed by atoms with Crippen molar-refractivity contribution < 1.29 is 14.6 Å². The molecule has 0 heterocycles. The molecule has 0 saturated heterocycles. The van der Waals surface area contributed by atoms with Crippen molar-refractivity contribution in [3.63, 3.8) is 0 Å². The van der Waals surface area contributed by atoms with E-state index < -0.39 is 6.10 Å². The van der Waals surface area contributed by atoms with Crippen LogP contribution in [0.4, 0.5) is 0 Å². The number of aliphatic hydroxyl groups is 1. The van der Waals surface area contributed by atoms with Crippen molar-refractivity contribution in [2.24, 2.45) is 11.8 Å². The molecule has 3 unspecified atom stereocenters. The molecular formula is C10H18O3. The molecule has 0 aromatic rings. The maximum absolute atomic E-state index is 11.3. The van der Waals surface area contributed by atoms with Crippen molar-refractivity contribution in [3.8, 4) is 0 Å². The van der Waals surface area contributed by atoms with Gasteiger partial charge in [0.2, 0.25) is 0 Å². The van der Waals surface area contributed by atoms with Crippen molar-refractivity contribution >= 4 is 5.97 Å². The zero-order valence-corrected chi connectivity index (χ0v) is 8.32. The van der Waals surface area contributed by atoms with Crippen LogP contribution < -0.4 is 0 Å². The van der Waals surface area contributed by atoms with Crippen molar-refractivity contribution in [2.75, 3.05) is 7.11 Å². The molecule has 1 N–H and O–H groups in total. The number of hydrogen-bond acceptors (Lipinski definition) is 3. The maximum atomic E-state index is 11.3. The number of carbonyl (C=O) groups excluding carboxylic acids is 1. The van der Waals surface area contributed by atoms with Crippen LogP contribution >= 0.6 is 0 Å². The van der Waals surface area contributed by atoms with E-state index >= 15 is 0 Å². The Kier molecular flexibility index (Phi) is 3.72. The first-order valence-corrected chi connectivity index (χ1v) is 4.91. The summed E-state index contributed by atoms with van der Waals surface area (Å²) in [5.74, 6) is -0.0509. The molecule has 0 spiro atoms. The number of hydrogen-bond donors (Lipinski definition) is 1. The van der Waals surface area contributed by atoms with Crippen LogP contribution in [-0.4, -0.2) is 24.3 Å². The SMILES string of the molecule is COC(=O)C1CC(C)CCCC1O. The largest absolute Gasteiger partial charge is 0.469 e. The zero-order valence-electron chi connectivity index (χ0n) is 8.32. The van der Waals surface area contributed by atoms with Gasteiger partial charge in [-0.3, -0.25) is 4.79 Å². The Bertz CT molecular complexity index is 179. The third-order valence-corrected chi connectivity index (χ3v) is 2.82. The van der Waals surface area contributed by atoms with Gasteiger partial charge in [-0.05, 0) is 18.8 Å². The zero-order chi connectivity index (χ0) is 9.84. The van der Waals surface area contributed by atoms with Gasteiger partial charge in [0.25, 0.3) is 0 Å². The molecule has 0 aromatic carbocycles. The Morgan fingerprint density at radius 3 is 2.77 bits per heavy atom. The molecule has 1 saturated carbocycles. The van der Waals surface area contributed by atoms with Crippen molar-refractivity contribution in [3.05, 3.63) is 0 Å². The van der Waals surface area contributed by atoms with Crippen molar-refractivity contribution in [2.45, 2.75) is 38.7 Å². The number of methoxy groups -OCH3 is 1. The first-order valence-electron chi connectivity index (χ1n) is 4.91. The molecule has 3 atom stereocenters. The highest BCUT2D eigenvalue weighted by atomic mass is 16.5. The Morgan fingerprint density at radius 1 is 1.46 bits per heavy atom. The minimum absolute atomic E-state index is 0.263. The van der Waals surface area contributed by atoms with E-state index in [0.717, 1.165) is 25.7 Å². The van der Waals surface area contributed by atoms with E-state index in [1.165, 1.54) is 7.11 Å². The van der Waals surface area contributed by atoms with Crippen molar-refractivity contribution in [1.82, 2.24) is 0 Å². The lowest BCUT2D eigenvalue weighted by molar-refractivity contribution is -0.150. The van der Waals surface area contributed by atoms with E-state index in [0.29, 0.717) is 5.92 Å². The van der Waals surface area contributed by atoms with Gasteiger partial charge in [-0.2, -0.15) is 0 Å². The van der Waals surface area contributed by atoms with Crippen LogP contribution in [0, 0.1) is 11.8 Å². The van der Waals surface area contributed by atoms with Gasteiger partial charge in [0.15, 0.2) is 0 Å². The van der Waals surface area contributed by atoms with Gasteiger partial charge >= 0.3 is 5.97 Å². The fraction of sp³-hybridized carbons (Fsp3) is 0.900. The summed E-state index contributed by atoms with van der Waals surface area (Å²) >= 11 is 0. The monoisotopic (exact) mass is 186 g/mol. The van der Waals surface area contributed by atoms with E-state index in [9.17, 15) is 9.90 Å². The van der Waals surface area contributed by atoms with Crippen LogP contribution in [-0.2, 0) is 9.53 Å². The average Bonchev–Trinajstić information content (AvgIpc) is 2.27. The molecule has 13 heavy (non-hydrogen) atoms. The highest BCUT2D eigenvalue weighted by Gasteiger charge is 2.31. The minimum atomic E-state index is -0.502. The van der Waals surface area contributed by atoms with Crippen LogP contribution in [0.1, 0.15) is 32.6 Å². The predicted molar refractivity (Wildman–Crippen MR) is 49.1 cm³/mol. The molecule has 0 radical (unpaired) electrons. The topological polar surface area (TPSA) is 46.5 Å². The van der Waals surface area contributed by atoms with E-state index in [4.69, 9.17) is 0 Å². The van der Waals surface area contributed by atoms with E-state index in [1.54, 1.807) is 0 Å². The van der Waals surface area contributed by atoms with Crippen LogP contribution in [0.15, 0.2) is 0 Å². The number of rotatable bonds is 1. The Labute approximate surface area is 79.1 Å². The molecule has 0 amide bonds. The lowest BCUT2D eigenvalue weighted by Crippen LogP contribution is -2.29. The molecule has 0 aliphatic heterocycles. The number of carbonyl (C=O) groups is 1. The Hall–Kier alpha value is -0.570. The highest BCUT2D eigenvalue weighted by molar-refractivity contribution is 5.72. The second-order valence-corrected chi connectivity index (χ2v) is 3.97. The van der Waals surface area contributed by atoms with E-state index in [2.05, 4.69) is 11.7 Å². The summed E-state index contributed by atoms with van der Waals surface area (Å²) in [6, 6.07) is 0. The Morgan fingerprint density at radius 2 is 2.15 bits per heavy atom. The van der Waals surface area contributed by atoms with E-state index in [-0.39, 0.29) is 11.9 Å². The molecule has 1 aliphatic rings.